The number of rotatable bonds is 3. The maximum absolute atomic E-state index is 13.0. The molecule has 6 nitrogen and oxygen atoms in total. The van der Waals surface area contributed by atoms with Gasteiger partial charge in [0.2, 0.25) is 0 Å². The number of benzene rings is 1. The number of methoxy groups -OCH3 is 1. The third kappa shape index (κ3) is 2.36. The zero-order chi connectivity index (χ0) is 16.8. The first-order chi connectivity index (χ1) is 11.6. The summed E-state index contributed by atoms with van der Waals surface area (Å²) in [4.78, 5) is 17.4. The molecule has 2 aliphatic rings. The van der Waals surface area contributed by atoms with E-state index in [1.807, 2.05) is 30.1 Å². The highest BCUT2D eigenvalue weighted by atomic mass is 16.5. The number of carbonyl (C=O) groups is 1. The first-order valence-corrected chi connectivity index (χ1v) is 8.59. The predicted octanol–water partition coefficient (Wildman–Crippen LogP) is 2.27. The van der Waals surface area contributed by atoms with Crippen LogP contribution in [-0.4, -0.2) is 65.2 Å². The van der Waals surface area contributed by atoms with Crippen molar-refractivity contribution in [3.63, 3.8) is 0 Å². The molecule has 2 fully saturated rings. The smallest absolute Gasteiger partial charge is 0.274 e. The first-order valence-electron chi connectivity index (χ1n) is 8.59. The van der Waals surface area contributed by atoms with E-state index in [2.05, 4.69) is 22.1 Å². The van der Waals surface area contributed by atoms with Crippen molar-refractivity contribution in [3.05, 3.63) is 23.9 Å². The number of aromatic nitrogens is 2. The number of amides is 1. The fourth-order valence-electron chi connectivity index (χ4n) is 4.31. The van der Waals surface area contributed by atoms with E-state index < -0.39 is 0 Å². The van der Waals surface area contributed by atoms with Crippen molar-refractivity contribution >= 4 is 16.8 Å². The molecule has 1 N–H and O–H groups in total. The fraction of sp³-hybridized carbons (Fsp3) is 0.556. The van der Waals surface area contributed by atoms with Gasteiger partial charge in [-0.25, -0.2) is 0 Å². The van der Waals surface area contributed by atoms with Crippen LogP contribution in [0.2, 0.25) is 0 Å². The van der Waals surface area contributed by atoms with E-state index >= 15 is 0 Å². The molecule has 3 atom stereocenters. The molecule has 128 valence electrons. The molecule has 0 radical (unpaired) electrons. The predicted molar refractivity (Wildman–Crippen MR) is 92.3 cm³/mol. The Labute approximate surface area is 141 Å². The molecule has 6 heteroatoms. The summed E-state index contributed by atoms with van der Waals surface area (Å²) in [6.07, 6.45) is 4.62. The maximum atomic E-state index is 13.0. The van der Waals surface area contributed by atoms with Crippen LogP contribution in [0, 0.1) is 0 Å². The summed E-state index contributed by atoms with van der Waals surface area (Å²) in [5.74, 6) is 0.724. The fourth-order valence-corrected chi connectivity index (χ4v) is 4.31. The molecule has 2 bridgehead atoms. The van der Waals surface area contributed by atoms with E-state index in [4.69, 9.17) is 4.74 Å². The Hall–Kier alpha value is -2.08. The van der Waals surface area contributed by atoms with Gasteiger partial charge in [-0.2, -0.15) is 5.10 Å². The molecule has 24 heavy (non-hydrogen) atoms. The largest absolute Gasteiger partial charge is 0.497 e. The summed E-state index contributed by atoms with van der Waals surface area (Å²) < 4.78 is 5.28. The maximum Gasteiger partial charge on any atom is 0.274 e. The topological polar surface area (TPSA) is 61.5 Å². The molecular weight excluding hydrogens is 304 g/mol. The number of carbonyl (C=O) groups excluding carboxylic acids is 1. The van der Waals surface area contributed by atoms with Crippen molar-refractivity contribution in [2.75, 3.05) is 21.2 Å². The van der Waals surface area contributed by atoms with E-state index in [-0.39, 0.29) is 5.91 Å². The lowest BCUT2D eigenvalue weighted by Gasteiger charge is -2.40. The van der Waals surface area contributed by atoms with E-state index in [0.29, 0.717) is 23.8 Å². The average molecular weight is 328 g/mol. The van der Waals surface area contributed by atoms with Crippen LogP contribution in [0.5, 0.6) is 5.75 Å². The highest BCUT2D eigenvalue weighted by Gasteiger charge is 2.41. The number of fused-ring (bicyclic) bond motifs is 3. The number of nitrogens with zero attached hydrogens (tertiary/aromatic N) is 3. The minimum absolute atomic E-state index is 0.0107. The number of piperidine rings is 1. The average Bonchev–Trinajstić information content (AvgIpc) is 3.08. The second-order valence-electron chi connectivity index (χ2n) is 7.08. The quantitative estimate of drug-likeness (QED) is 0.939. The third-order valence-electron chi connectivity index (χ3n) is 5.91. The number of hydrogen-bond donors (Lipinski definition) is 1. The minimum atomic E-state index is -0.0107. The normalized spacial score (nSPS) is 26.7. The van der Waals surface area contributed by atoms with Gasteiger partial charge in [-0.05, 0) is 50.9 Å². The molecular formula is C18H24N4O2. The second-order valence-corrected chi connectivity index (χ2v) is 7.08. The van der Waals surface area contributed by atoms with Crippen molar-refractivity contribution in [2.24, 2.45) is 0 Å². The van der Waals surface area contributed by atoms with Gasteiger partial charge < -0.3 is 14.5 Å². The lowest BCUT2D eigenvalue weighted by molar-refractivity contribution is 0.0559. The summed E-state index contributed by atoms with van der Waals surface area (Å²) in [6.45, 7) is 0. The number of nitrogens with one attached hydrogen (secondary N) is 1. The van der Waals surface area contributed by atoms with Gasteiger partial charge in [0.25, 0.3) is 5.91 Å². The summed E-state index contributed by atoms with van der Waals surface area (Å²) in [5, 5.41) is 8.05. The van der Waals surface area contributed by atoms with Gasteiger partial charge in [0.1, 0.15) is 5.75 Å². The Kier molecular flexibility index (Phi) is 3.72. The van der Waals surface area contributed by atoms with Crippen molar-refractivity contribution in [1.29, 1.82) is 0 Å². The SMILES string of the molecule is COc1ccc2[nH]nc(C(=O)N(C)C3C[C@H]4CC[C@@H](C3)N4C)c2c1. The van der Waals surface area contributed by atoms with Gasteiger partial charge in [-0.1, -0.05) is 0 Å². The molecule has 1 unspecified atom stereocenters. The second kappa shape index (κ2) is 5.77. The Morgan fingerprint density at radius 1 is 1.33 bits per heavy atom. The van der Waals surface area contributed by atoms with Gasteiger partial charge in [-0.15, -0.1) is 0 Å². The van der Waals surface area contributed by atoms with E-state index in [0.717, 1.165) is 29.5 Å². The van der Waals surface area contributed by atoms with Gasteiger partial charge in [0.15, 0.2) is 5.69 Å². The molecule has 2 aromatic rings. The molecule has 2 aliphatic heterocycles. The number of ether oxygens (including phenoxy) is 1. The Balaban J connectivity index is 1.59. The third-order valence-corrected chi connectivity index (χ3v) is 5.91. The van der Waals surface area contributed by atoms with Crippen LogP contribution in [0.25, 0.3) is 10.9 Å². The van der Waals surface area contributed by atoms with Crippen molar-refractivity contribution < 1.29 is 9.53 Å². The molecule has 0 saturated carbocycles. The van der Waals surface area contributed by atoms with Crippen LogP contribution in [0.15, 0.2) is 18.2 Å². The molecule has 1 aromatic heterocycles. The highest BCUT2D eigenvalue weighted by molar-refractivity contribution is 6.05. The van der Waals surface area contributed by atoms with Crippen LogP contribution >= 0.6 is 0 Å². The van der Waals surface area contributed by atoms with Gasteiger partial charge in [0.05, 0.1) is 12.6 Å². The molecule has 1 aromatic carbocycles. The lowest BCUT2D eigenvalue weighted by atomic mass is 9.96. The van der Waals surface area contributed by atoms with E-state index in [9.17, 15) is 4.79 Å². The molecule has 3 heterocycles. The van der Waals surface area contributed by atoms with Gasteiger partial charge >= 0.3 is 0 Å². The summed E-state index contributed by atoms with van der Waals surface area (Å²) in [7, 11) is 5.76. The summed E-state index contributed by atoms with van der Waals surface area (Å²) >= 11 is 0. The van der Waals surface area contributed by atoms with Crippen LogP contribution in [0.1, 0.15) is 36.2 Å². The first kappa shape index (κ1) is 15.4. The monoisotopic (exact) mass is 328 g/mol. The van der Waals surface area contributed by atoms with Gasteiger partial charge in [-0.3, -0.25) is 9.89 Å². The standard InChI is InChI=1S/C18H24N4O2/c1-21-11-4-5-12(21)9-13(8-11)22(2)18(23)17-15-10-14(24-3)6-7-16(15)19-20-17/h6-7,10-13H,4-5,8-9H2,1-3H3,(H,19,20)/t11-,12+,13?. The molecule has 2 saturated heterocycles. The van der Waals surface area contributed by atoms with Crippen molar-refractivity contribution in [3.8, 4) is 5.75 Å². The zero-order valence-electron chi connectivity index (χ0n) is 14.5. The Morgan fingerprint density at radius 3 is 2.71 bits per heavy atom. The van der Waals surface area contributed by atoms with Crippen LogP contribution in [0.4, 0.5) is 0 Å². The van der Waals surface area contributed by atoms with Crippen molar-refractivity contribution in [2.45, 2.75) is 43.8 Å². The molecule has 0 spiro atoms. The van der Waals surface area contributed by atoms with Crippen molar-refractivity contribution in [1.82, 2.24) is 20.0 Å². The zero-order valence-corrected chi connectivity index (χ0v) is 14.5. The van der Waals surface area contributed by atoms with Crippen LogP contribution in [-0.2, 0) is 0 Å². The van der Waals surface area contributed by atoms with Crippen LogP contribution < -0.4 is 4.74 Å². The molecule has 1 amide bonds. The Morgan fingerprint density at radius 2 is 2.04 bits per heavy atom. The number of hydrogen-bond acceptors (Lipinski definition) is 4. The van der Waals surface area contributed by atoms with Crippen LogP contribution in [0.3, 0.4) is 0 Å². The summed E-state index contributed by atoms with van der Waals surface area (Å²) in [6, 6.07) is 7.16. The Bertz CT molecular complexity index is 757. The van der Waals surface area contributed by atoms with Gasteiger partial charge in [0, 0.05) is 30.6 Å². The molecule has 4 rings (SSSR count). The lowest BCUT2D eigenvalue weighted by Crippen LogP contribution is -2.49. The molecule has 0 aliphatic carbocycles. The number of H-pyrrole nitrogens is 1. The summed E-state index contributed by atoms with van der Waals surface area (Å²) in [5.41, 5.74) is 1.34. The van der Waals surface area contributed by atoms with E-state index in [1.54, 1.807) is 7.11 Å². The minimum Gasteiger partial charge on any atom is -0.497 e. The van der Waals surface area contributed by atoms with E-state index in [1.165, 1.54) is 12.8 Å². The number of aromatic amines is 1. The highest BCUT2D eigenvalue weighted by Crippen LogP contribution is 2.36.